The first-order chi connectivity index (χ1) is 5.31. The van der Waals surface area contributed by atoms with Gasteiger partial charge in [-0.1, -0.05) is 0 Å². The molecule has 1 heterocycles. The lowest BCUT2D eigenvalue weighted by Gasteiger charge is -2.42. The molecule has 1 aliphatic rings. The lowest BCUT2D eigenvalue weighted by atomic mass is 9.97. The Balaban J connectivity index is 2.47. The number of hydrogen-bond donors (Lipinski definition) is 2. The fourth-order valence-electron chi connectivity index (χ4n) is 1.54. The molecular formula is C9H19NO2. The van der Waals surface area contributed by atoms with E-state index in [-0.39, 0.29) is 5.54 Å². The van der Waals surface area contributed by atoms with E-state index < -0.39 is 5.79 Å². The Kier molecular flexibility index (Phi) is 2.47. The van der Waals surface area contributed by atoms with Gasteiger partial charge in [-0.25, -0.2) is 0 Å². The molecule has 0 unspecified atom stereocenters. The lowest BCUT2D eigenvalue weighted by molar-refractivity contribution is -0.194. The number of hydrogen-bond acceptors (Lipinski definition) is 3. The van der Waals surface area contributed by atoms with Crippen molar-refractivity contribution in [2.24, 2.45) is 0 Å². The summed E-state index contributed by atoms with van der Waals surface area (Å²) in [5.74, 6) is -1.41. The van der Waals surface area contributed by atoms with Gasteiger partial charge in [0.2, 0.25) is 0 Å². The number of rotatable bonds is 0. The average Bonchev–Trinajstić information content (AvgIpc) is 1.83. The van der Waals surface area contributed by atoms with E-state index in [4.69, 9.17) is 0 Å². The molecule has 3 nitrogen and oxygen atoms in total. The summed E-state index contributed by atoms with van der Waals surface area (Å²) in [5, 5.41) is 18.6. The maximum atomic E-state index is 9.29. The Hall–Kier alpha value is -0.120. The second-order valence-corrected chi connectivity index (χ2v) is 4.64. The molecule has 0 aliphatic carbocycles. The predicted octanol–water partition coefficient (Wildman–Crippen LogP) is 0.562. The van der Waals surface area contributed by atoms with Gasteiger partial charge < -0.3 is 10.2 Å². The molecule has 1 rings (SSSR count). The van der Waals surface area contributed by atoms with Gasteiger partial charge in [-0.3, -0.25) is 4.90 Å². The Morgan fingerprint density at radius 1 is 1.08 bits per heavy atom. The Morgan fingerprint density at radius 2 is 1.50 bits per heavy atom. The summed E-state index contributed by atoms with van der Waals surface area (Å²) in [6, 6.07) is 0. The quantitative estimate of drug-likeness (QED) is 0.526. The topological polar surface area (TPSA) is 43.7 Å². The third-order valence-electron chi connectivity index (χ3n) is 2.51. The van der Waals surface area contributed by atoms with Crippen molar-refractivity contribution >= 4 is 0 Å². The van der Waals surface area contributed by atoms with Gasteiger partial charge in [0.1, 0.15) is 0 Å². The van der Waals surface area contributed by atoms with Gasteiger partial charge >= 0.3 is 0 Å². The highest BCUT2D eigenvalue weighted by Gasteiger charge is 2.33. The fraction of sp³-hybridized carbons (Fsp3) is 1.00. The molecule has 12 heavy (non-hydrogen) atoms. The number of nitrogens with zero attached hydrogens (tertiary/aromatic N) is 1. The number of aliphatic hydroxyl groups is 2. The SMILES string of the molecule is CC(C)(C)N1CCC(O)(O)CC1. The molecule has 0 atom stereocenters. The van der Waals surface area contributed by atoms with Crippen molar-refractivity contribution in [3.05, 3.63) is 0 Å². The van der Waals surface area contributed by atoms with Crippen LogP contribution in [0, 0.1) is 0 Å². The third kappa shape index (κ3) is 2.44. The fourth-order valence-corrected chi connectivity index (χ4v) is 1.54. The summed E-state index contributed by atoms with van der Waals surface area (Å²) >= 11 is 0. The van der Waals surface area contributed by atoms with Gasteiger partial charge in [0.25, 0.3) is 0 Å². The summed E-state index contributed by atoms with van der Waals surface area (Å²) in [4.78, 5) is 2.28. The molecule has 0 spiro atoms. The van der Waals surface area contributed by atoms with Crippen molar-refractivity contribution < 1.29 is 10.2 Å². The van der Waals surface area contributed by atoms with Crippen LogP contribution in [0.2, 0.25) is 0 Å². The van der Waals surface area contributed by atoms with Crippen LogP contribution in [0.5, 0.6) is 0 Å². The second kappa shape index (κ2) is 2.98. The van der Waals surface area contributed by atoms with E-state index in [1.54, 1.807) is 0 Å². The van der Waals surface area contributed by atoms with Crippen LogP contribution in [0.25, 0.3) is 0 Å². The molecule has 2 N–H and O–H groups in total. The first-order valence-corrected chi connectivity index (χ1v) is 4.51. The molecule has 72 valence electrons. The van der Waals surface area contributed by atoms with Gasteiger partial charge in [-0.05, 0) is 20.8 Å². The third-order valence-corrected chi connectivity index (χ3v) is 2.51. The zero-order chi connectivity index (χ0) is 9.41. The van der Waals surface area contributed by atoms with Crippen LogP contribution in [0.1, 0.15) is 33.6 Å². The van der Waals surface area contributed by atoms with Gasteiger partial charge in [0.05, 0.1) is 0 Å². The maximum absolute atomic E-state index is 9.29. The summed E-state index contributed by atoms with van der Waals surface area (Å²) in [5.41, 5.74) is 0.149. The van der Waals surface area contributed by atoms with Crippen molar-refractivity contribution in [1.82, 2.24) is 4.90 Å². The normalized spacial score (nSPS) is 25.8. The van der Waals surface area contributed by atoms with Crippen molar-refractivity contribution in [2.45, 2.75) is 44.9 Å². The summed E-state index contributed by atoms with van der Waals surface area (Å²) in [6.45, 7) is 7.99. The van der Waals surface area contributed by atoms with Crippen LogP contribution in [-0.4, -0.2) is 39.5 Å². The summed E-state index contributed by atoms with van der Waals surface area (Å²) in [7, 11) is 0. The predicted molar refractivity (Wildman–Crippen MR) is 47.7 cm³/mol. The van der Waals surface area contributed by atoms with Gasteiger partial charge in [0, 0.05) is 31.5 Å². The zero-order valence-electron chi connectivity index (χ0n) is 8.17. The lowest BCUT2D eigenvalue weighted by Crippen LogP contribution is -2.51. The maximum Gasteiger partial charge on any atom is 0.164 e. The first kappa shape index (κ1) is 9.96. The smallest absolute Gasteiger partial charge is 0.164 e. The number of likely N-dealkylation sites (tertiary alicyclic amines) is 1. The molecule has 0 aromatic carbocycles. The summed E-state index contributed by atoms with van der Waals surface area (Å²) in [6.07, 6.45) is 0.925. The van der Waals surface area contributed by atoms with E-state index >= 15 is 0 Å². The van der Waals surface area contributed by atoms with Crippen LogP contribution >= 0.6 is 0 Å². The molecular weight excluding hydrogens is 154 g/mol. The molecule has 1 saturated heterocycles. The summed E-state index contributed by atoms with van der Waals surface area (Å²) < 4.78 is 0. The van der Waals surface area contributed by atoms with Gasteiger partial charge in [0.15, 0.2) is 5.79 Å². The van der Waals surface area contributed by atoms with E-state index in [0.717, 1.165) is 13.1 Å². The van der Waals surface area contributed by atoms with Crippen LogP contribution in [-0.2, 0) is 0 Å². The molecule has 0 aromatic heterocycles. The second-order valence-electron chi connectivity index (χ2n) is 4.64. The molecule has 0 aromatic rings. The minimum absolute atomic E-state index is 0.149. The van der Waals surface area contributed by atoms with Crippen LogP contribution < -0.4 is 0 Å². The zero-order valence-corrected chi connectivity index (χ0v) is 8.17. The van der Waals surface area contributed by atoms with E-state index in [1.807, 2.05) is 0 Å². The van der Waals surface area contributed by atoms with Gasteiger partial charge in [-0.15, -0.1) is 0 Å². The van der Waals surface area contributed by atoms with E-state index in [0.29, 0.717) is 12.8 Å². The number of piperidine rings is 1. The van der Waals surface area contributed by atoms with E-state index in [9.17, 15) is 10.2 Å². The average molecular weight is 173 g/mol. The molecule has 1 aliphatic heterocycles. The van der Waals surface area contributed by atoms with Crippen molar-refractivity contribution in [2.75, 3.05) is 13.1 Å². The molecule has 0 radical (unpaired) electrons. The molecule has 0 bridgehead atoms. The highest BCUT2D eigenvalue weighted by atomic mass is 16.5. The highest BCUT2D eigenvalue weighted by Crippen LogP contribution is 2.24. The van der Waals surface area contributed by atoms with Crippen molar-refractivity contribution in [1.29, 1.82) is 0 Å². The standard InChI is InChI=1S/C9H19NO2/c1-8(2,3)10-6-4-9(11,12)5-7-10/h11-12H,4-7H2,1-3H3. The highest BCUT2D eigenvalue weighted by molar-refractivity contribution is 4.84. The van der Waals surface area contributed by atoms with Gasteiger partial charge in [-0.2, -0.15) is 0 Å². The Morgan fingerprint density at radius 3 is 1.83 bits per heavy atom. The monoisotopic (exact) mass is 173 g/mol. The van der Waals surface area contributed by atoms with E-state index in [1.165, 1.54) is 0 Å². The van der Waals surface area contributed by atoms with Crippen LogP contribution in [0.15, 0.2) is 0 Å². The van der Waals surface area contributed by atoms with Crippen molar-refractivity contribution in [3.8, 4) is 0 Å². The molecule has 0 saturated carbocycles. The Bertz CT molecular complexity index is 150. The largest absolute Gasteiger partial charge is 0.366 e. The minimum Gasteiger partial charge on any atom is -0.366 e. The minimum atomic E-state index is -1.41. The van der Waals surface area contributed by atoms with Crippen LogP contribution in [0.3, 0.4) is 0 Å². The van der Waals surface area contributed by atoms with Crippen LogP contribution in [0.4, 0.5) is 0 Å². The first-order valence-electron chi connectivity index (χ1n) is 4.51. The molecule has 0 amide bonds. The van der Waals surface area contributed by atoms with Crippen molar-refractivity contribution in [3.63, 3.8) is 0 Å². The van der Waals surface area contributed by atoms with E-state index in [2.05, 4.69) is 25.7 Å². The Labute approximate surface area is 74.0 Å². The molecule has 1 fully saturated rings. The molecule has 3 heteroatoms.